The van der Waals surface area contributed by atoms with Crippen molar-refractivity contribution in [2.75, 3.05) is 11.4 Å². The Labute approximate surface area is 118 Å². The minimum absolute atomic E-state index is 0.193. The lowest BCUT2D eigenvalue weighted by Gasteiger charge is -2.21. The van der Waals surface area contributed by atoms with Gasteiger partial charge in [-0.2, -0.15) is 0 Å². The first kappa shape index (κ1) is 14.1. The van der Waals surface area contributed by atoms with Crippen LogP contribution in [0.5, 0.6) is 0 Å². The summed E-state index contributed by atoms with van der Waals surface area (Å²) in [5.74, 6) is -0.265. The van der Waals surface area contributed by atoms with Gasteiger partial charge in [-0.25, -0.2) is 0 Å². The van der Waals surface area contributed by atoms with Gasteiger partial charge >= 0.3 is 0 Å². The average molecular weight is 270 g/mol. The number of hydrogen-bond acceptors (Lipinski definition) is 2. The number of benzene rings is 1. The topological polar surface area (TPSA) is 42.3 Å². The smallest absolute Gasteiger partial charge is 0.263 e. The van der Waals surface area contributed by atoms with Crippen molar-refractivity contribution in [1.82, 2.24) is 4.57 Å². The van der Waals surface area contributed by atoms with E-state index in [1.54, 1.807) is 30.3 Å². The van der Waals surface area contributed by atoms with Gasteiger partial charge in [-0.3, -0.25) is 9.59 Å². The van der Waals surface area contributed by atoms with E-state index in [0.717, 1.165) is 11.3 Å². The van der Waals surface area contributed by atoms with Crippen LogP contribution in [0.4, 0.5) is 5.69 Å². The lowest BCUT2D eigenvalue weighted by Crippen LogP contribution is -2.36. The molecule has 0 saturated heterocycles. The summed E-state index contributed by atoms with van der Waals surface area (Å²) in [7, 11) is 1.64. The zero-order valence-corrected chi connectivity index (χ0v) is 12.0. The van der Waals surface area contributed by atoms with Crippen LogP contribution in [0, 0.1) is 6.92 Å². The van der Waals surface area contributed by atoms with Crippen LogP contribution < -0.4 is 10.5 Å². The Kier molecular flexibility index (Phi) is 4.03. The maximum absolute atomic E-state index is 12.6. The lowest BCUT2D eigenvalue weighted by molar-refractivity contribution is 0.0986. The van der Waals surface area contributed by atoms with Gasteiger partial charge < -0.3 is 9.47 Å². The number of hydrogen-bond donors (Lipinski definition) is 0. The molecule has 0 saturated carbocycles. The highest BCUT2D eigenvalue weighted by Gasteiger charge is 2.19. The number of rotatable bonds is 3. The maximum atomic E-state index is 12.6. The number of amides is 1. The lowest BCUT2D eigenvalue weighted by atomic mass is 10.1. The Morgan fingerprint density at radius 3 is 2.65 bits per heavy atom. The van der Waals surface area contributed by atoms with Gasteiger partial charge in [0, 0.05) is 25.5 Å². The average Bonchev–Trinajstić information content (AvgIpc) is 2.42. The molecule has 0 aliphatic heterocycles. The highest BCUT2D eigenvalue weighted by molar-refractivity contribution is 6.05. The predicted octanol–water partition coefficient (Wildman–Crippen LogP) is 2.36. The zero-order chi connectivity index (χ0) is 14.7. The van der Waals surface area contributed by atoms with Gasteiger partial charge in [0.1, 0.15) is 5.56 Å². The minimum Gasteiger partial charge on any atom is -0.318 e. The van der Waals surface area contributed by atoms with Crippen molar-refractivity contribution in [3.8, 4) is 0 Å². The van der Waals surface area contributed by atoms with E-state index in [0.29, 0.717) is 6.54 Å². The molecule has 0 spiro atoms. The van der Waals surface area contributed by atoms with Gasteiger partial charge in [0.25, 0.3) is 11.5 Å². The predicted molar refractivity (Wildman–Crippen MR) is 80.2 cm³/mol. The quantitative estimate of drug-likeness (QED) is 0.859. The normalized spacial score (nSPS) is 10.3. The Morgan fingerprint density at radius 2 is 2.00 bits per heavy atom. The first-order valence-corrected chi connectivity index (χ1v) is 6.58. The monoisotopic (exact) mass is 270 g/mol. The van der Waals surface area contributed by atoms with Gasteiger partial charge in [-0.1, -0.05) is 12.1 Å². The van der Waals surface area contributed by atoms with Crippen molar-refractivity contribution in [1.29, 1.82) is 0 Å². The molecule has 20 heavy (non-hydrogen) atoms. The van der Waals surface area contributed by atoms with Crippen LogP contribution in [0.1, 0.15) is 22.8 Å². The van der Waals surface area contributed by atoms with Crippen LogP contribution in [0.2, 0.25) is 0 Å². The summed E-state index contributed by atoms with van der Waals surface area (Å²) in [4.78, 5) is 26.2. The molecule has 0 fully saturated rings. The molecule has 1 aromatic carbocycles. The van der Waals surface area contributed by atoms with E-state index in [1.165, 1.54) is 4.57 Å². The summed E-state index contributed by atoms with van der Waals surface area (Å²) in [5, 5.41) is 0. The molecule has 0 aliphatic rings. The maximum Gasteiger partial charge on any atom is 0.263 e. The third kappa shape index (κ3) is 2.64. The molecule has 0 aliphatic carbocycles. The molecule has 1 heterocycles. The number of nitrogens with zero attached hydrogens (tertiary/aromatic N) is 2. The molecule has 0 N–H and O–H groups in total. The Balaban J connectivity index is 2.44. The summed E-state index contributed by atoms with van der Waals surface area (Å²) in [6.45, 7) is 4.39. The van der Waals surface area contributed by atoms with Gasteiger partial charge in [0.2, 0.25) is 0 Å². The van der Waals surface area contributed by atoms with Crippen LogP contribution in [-0.2, 0) is 7.05 Å². The number of aromatic nitrogens is 1. The minimum atomic E-state index is -0.274. The molecular formula is C16H18N2O2. The molecule has 4 nitrogen and oxygen atoms in total. The van der Waals surface area contributed by atoms with E-state index in [2.05, 4.69) is 0 Å². The molecule has 2 rings (SSSR count). The second-order valence-corrected chi connectivity index (χ2v) is 4.73. The molecule has 2 aromatic rings. The Morgan fingerprint density at radius 1 is 1.25 bits per heavy atom. The van der Waals surface area contributed by atoms with Crippen LogP contribution in [0.25, 0.3) is 0 Å². The largest absolute Gasteiger partial charge is 0.318 e. The van der Waals surface area contributed by atoms with E-state index >= 15 is 0 Å². The fraction of sp³-hybridized carbons (Fsp3) is 0.250. The van der Waals surface area contributed by atoms with Crippen molar-refractivity contribution in [2.45, 2.75) is 13.8 Å². The summed E-state index contributed by atoms with van der Waals surface area (Å²) in [6, 6.07) is 11.0. The van der Waals surface area contributed by atoms with Crippen molar-refractivity contribution in [2.24, 2.45) is 7.05 Å². The molecular weight excluding hydrogens is 252 g/mol. The van der Waals surface area contributed by atoms with E-state index in [1.807, 2.05) is 38.1 Å². The summed E-state index contributed by atoms with van der Waals surface area (Å²) >= 11 is 0. The summed E-state index contributed by atoms with van der Waals surface area (Å²) in [5.41, 5.74) is 1.81. The van der Waals surface area contributed by atoms with Gasteiger partial charge in [0.05, 0.1) is 0 Å². The van der Waals surface area contributed by atoms with E-state index in [-0.39, 0.29) is 17.0 Å². The van der Waals surface area contributed by atoms with Gasteiger partial charge in [-0.15, -0.1) is 0 Å². The molecule has 4 heteroatoms. The van der Waals surface area contributed by atoms with Crippen molar-refractivity contribution >= 4 is 11.6 Å². The third-order valence-corrected chi connectivity index (χ3v) is 3.23. The van der Waals surface area contributed by atoms with E-state index < -0.39 is 0 Å². The van der Waals surface area contributed by atoms with E-state index in [9.17, 15) is 9.59 Å². The molecule has 0 unspecified atom stereocenters. The number of aryl methyl sites for hydroxylation is 2. The van der Waals surface area contributed by atoms with Gasteiger partial charge in [0.15, 0.2) is 0 Å². The highest BCUT2D eigenvalue weighted by atomic mass is 16.2. The highest BCUT2D eigenvalue weighted by Crippen LogP contribution is 2.17. The number of anilines is 1. The van der Waals surface area contributed by atoms with Crippen LogP contribution in [0.15, 0.2) is 47.4 Å². The second kappa shape index (κ2) is 5.74. The van der Waals surface area contributed by atoms with Crippen molar-refractivity contribution in [3.63, 3.8) is 0 Å². The van der Waals surface area contributed by atoms with Crippen molar-refractivity contribution < 1.29 is 4.79 Å². The fourth-order valence-electron chi connectivity index (χ4n) is 2.14. The molecule has 0 radical (unpaired) electrons. The second-order valence-electron chi connectivity index (χ2n) is 4.73. The molecule has 0 atom stereocenters. The van der Waals surface area contributed by atoms with Crippen molar-refractivity contribution in [3.05, 3.63) is 64.1 Å². The summed E-state index contributed by atoms with van der Waals surface area (Å²) in [6.07, 6.45) is 1.64. The van der Waals surface area contributed by atoms with Crippen LogP contribution in [0.3, 0.4) is 0 Å². The number of carbonyl (C=O) groups excluding carboxylic acids is 1. The van der Waals surface area contributed by atoms with Crippen LogP contribution in [-0.4, -0.2) is 17.0 Å². The standard InChI is InChI=1S/C16H18N2O2/c1-4-18(13-8-5-7-12(2)11-13)16(20)14-9-6-10-17(3)15(14)19/h5-11H,4H2,1-3H3. The first-order chi connectivity index (χ1) is 9.54. The number of carbonyl (C=O) groups is 1. The molecule has 1 aromatic heterocycles. The molecule has 1 amide bonds. The zero-order valence-electron chi connectivity index (χ0n) is 12.0. The summed E-state index contributed by atoms with van der Waals surface area (Å²) < 4.78 is 1.41. The van der Waals surface area contributed by atoms with E-state index in [4.69, 9.17) is 0 Å². The SMILES string of the molecule is CCN(C(=O)c1cccn(C)c1=O)c1cccc(C)c1. The number of pyridine rings is 1. The fourth-order valence-corrected chi connectivity index (χ4v) is 2.14. The molecule has 104 valence electrons. The third-order valence-electron chi connectivity index (χ3n) is 3.23. The molecule has 0 bridgehead atoms. The first-order valence-electron chi connectivity index (χ1n) is 6.58. The van der Waals surface area contributed by atoms with Gasteiger partial charge in [-0.05, 0) is 43.7 Å². The Bertz CT molecular complexity index is 689. The van der Waals surface area contributed by atoms with Crippen LogP contribution >= 0.6 is 0 Å². The Hall–Kier alpha value is -2.36.